The highest BCUT2D eigenvalue weighted by molar-refractivity contribution is 5.85. The van der Waals surface area contributed by atoms with Gasteiger partial charge in [-0.1, -0.05) is 12.8 Å². The van der Waals surface area contributed by atoms with Crippen molar-refractivity contribution in [3.05, 3.63) is 0 Å². The molecule has 0 heterocycles. The van der Waals surface area contributed by atoms with Crippen LogP contribution in [0.5, 0.6) is 0 Å². The van der Waals surface area contributed by atoms with E-state index in [2.05, 4.69) is 5.32 Å². The topological polar surface area (TPSA) is 12.0 Å². The van der Waals surface area contributed by atoms with E-state index in [-0.39, 0.29) is 12.4 Å². The highest BCUT2D eigenvalue weighted by Crippen LogP contribution is 2.32. The van der Waals surface area contributed by atoms with Crippen molar-refractivity contribution in [1.29, 1.82) is 0 Å². The summed E-state index contributed by atoms with van der Waals surface area (Å²) in [5.41, 5.74) is 0. The molecule has 1 N–H and O–H groups in total. The summed E-state index contributed by atoms with van der Waals surface area (Å²) < 4.78 is 0. The van der Waals surface area contributed by atoms with Crippen molar-refractivity contribution in [3.8, 4) is 0 Å². The Balaban J connectivity index is 0.000000605. The van der Waals surface area contributed by atoms with Crippen LogP contribution in [-0.2, 0) is 0 Å². The first kappa shape index (κ1) is 9.34. The van der Waals surface area contributed by atoms with E-state index in [4.69, 9.17) is 0 Å². The SMILES string of the molecule is C(CC1CC1)NCC1CC1.Cl. The molecule has 2 fully saturated rings. The average Bonchev–Trinajstić information content (AvgIpc) is 2.77. The van der Waals surface area contributed by atoms with Gasteiger partial charge in [0.1, 0.15) is 0 Å². The van der Waals surface area contributed by atoms with Gasteiger partial charge in [0, 0.05) is 0 Å². The summed E-state index contributed by atoms with van der Waals surface area (Å²) in [6, 6.07) is 0. The molecule has 0 aliphatic heterocycles. The Morgan fingerprint density at radius 3 is 2.18 bits per heavy atom. The molecule has 0 aromatic carbocycles. The van der Waals surface area contributed by atoms with Crippen LogP contribution in [-0.4, -0.2) is 13.1 Å². The fraction of sp³-hybridized carbons (Fsp3) is 1.00. The van der Waals surface area contributed by atoms with Crippen molar-refractivity contribution in [1.82, 2.24) is 5.32 Å². The lowest BCUT2D eigenvalue weighted by Crippen LogP contribution is -2.18. The van der Waals surface area contributed by atoms with E-state index in [1.807, 2.05) is 0 Å². The molecular formula is C9H18ClN. The Hall–Kier alpha value is 0.250. The number of hydrogen-bond donors (Lipinski definition) is 1. The van der Waals surface area contributed by atoms with Gasteiger partial charge in [-0.3, -0.25) is 0 Å². The summed E-state index contributed by atoms with van der Waals surface area (Å²) >= 11 is 0. The summed E-state index contributed by atoms with van der Waals surface area (Å²) in [6.07, 6.45) is 7.41. The minimum atomic E-state index is 0. The fourth-order valence-corrected chi connectivity index (χ4v) is 1.34. The van der Waals surface area contributed by atoms with Crippen LogP contribution in [0.1, 0.15) is 32.1 Å². The average molecular weight is 176 g/mol. The second-order valence-corrected chi connectivity index (χ2v) is 3.88. The molecule has 1 nitrogen and oxygen atoms in total. The molecule has 0 amide bonds. The van der Waals surface area contributed by atoms with E-state index in [1.165, 1.54) is 45.2 Å². The molecule has 0 atom stereocenters. The van der Waals surface area contributed by atoms with Crippen LogP contribution in [0.25, 0.3) is 0 Å². The molecule has 0 unspecified atom stereocenters. The molecule has 11 heavy (non-hydrogen) atoms. The van der Waals surface area contributed by atoms with Gasteiger partial charge < -0.3 is 5.32 Å². The van der Waals surface area contributed by atoms with Crippen LogP contribution in [0.3, 0.4) is 0 Å². The second-order valence-electron chi connectivity index (χ2n) is 3.88. The van der Waals surface area contributed by atoms with Gasteiger partial charge in [-0.2, -0.15) is 0 Å². The molecule has 2 rings (SSSR count). The summed E-state index contributed by atoms with van der Waals surface area (Å²) in [5.74, 6) is 2.16. The molecule has 0 radical (unpaired) electrons. The second kappa shape index (κ2) is 4.32. The Labute approximate surface area is 75.4 Å². The highest BCUT2D eigenvalue weighted by atomic mass is 35.5. The molecule has 2 aliphatic rings. The third-order valence-electron chi connectivity index (χ3n) is 2.56. The fourth-order valence-electron chi connectivity index (χ4n) is 1.34. The van der Waals surface area contributed by atoms with E-state index >= 15 is 0 Å². The van der Waals surface area contributed by atoms with Crippen molar-refractivity contribution in [3.63, 3.8) is 0 Å². The zero-order valence-electron chi connectivity index (χ0n) is 7.01. The lowest BCUT2D eigenvalue weighted by Gasteiger charge is -2.00. The maximum Gasteiger partial charge on any atom is -0.00205 e. The smallest absolute Gasteiger partial charge is 0.00205 e. The minimum Gasteiger partial charge on any atom is -0.316 e. The van der Waals surface area contributed by atoms with Crippen LogP contribution in [0.2, 0.25) is 0 Å². The van der Waals surface area contributed by atoms with Crippen LogP contribution in [0, 0.1) is 11.8 Å². The van der Waals surface area contributed by atoms with E-state index in [1.54, 1.807) is 0 Å². The third kappa shape index (κ3) is 3.97. The summed E-state index contributed by atoms with van der Waals surface area (Å²) in [4.78, 5) is 0. The minimum absolute atomic E-state index is 0. The van der Waals surface area contributed by atoms with Gasteiger partial charge in [-0.05, 0) is 44.2 Å². The lowest BCUT2D eigenvalue weighted by atomic mass is 10.3. The third-order valence-corrected chi connectivity index (χ3v) is 2.56. The quantitative estimate of drug-likeness (QED) is 0.632. The largest absolute Gasteiger partial charge is 0.316 e. The van der Waals surface area contributed by atoms with Gasteiger partial charge >= 0.3 is 0 Å². The number of rotatable bonds is 5. The van der Waals surface area contributed by atoms with E-state index in [0.29, 0.717) is 0 Å². The molecule has 0 saturated heterocycles. The van der Waals surface area contributed by atoms with Crippen LogP contribution < -0.4 is 5.32 Å². The van der Waals surface area contributed by atoms with Crippen molar-refractivity contribution in [2.75, 3.05) is 13.1 Å². The number of nitrogens with one attached hydrogen (secondary N) is 1. The van der Waals surface area contributed by atoms with Crippen LogP contribution in [0.15, 0.2) is 0 Å². The van der Waals surface area contributed by atoms with E-state index in [9.17, 15) is 0 Å². The lowest BCUT2D eigenvalue weighted by molar-refractivity contribution is 0.587. The molecule has 0 spiro atoms. The Morgan fingerprint density at radius 2 is 1.64 bits per heavy atom. The predicted octanol–water partition coefficient (Wildman–Crippen LogP) is 2.21. The van der Waals surface area contributed by atoms with Gasteiger partial charge in [0.05, 0.1) is 0 Å². The normalized spacial score (nSPS) is 22.9. The van der Waals surface area contributed by atoms with Crippen LogP contribution in [0.4, 0.5) is 0 Å². The maximum atomic E-state index is 3.52. The molecule has 2 heteroatoms. The molecule has 66 valence electrons. The standard InChI is InChI=1S/C9H17N.ClH/c1-2-8(1)5-6-10-7-9-3-4-9;/h8-10H,1-7H2;1H. The van der Waals surface area contributed by atoms with Gasteiger partial charge in [0.25, 0.3) is 0 Å². The first-order valence-corrected chi connectivity index (χ1v) is 4.66. The van der Waals surface area contributed by atoms with Crippen molar-refractivity contribution < 1.29 is 0 Å². The number of halogens is 1. The van der Waals surface area contributed by atoms with E-state index in [0.717, 1.165) is 11.8 Å². The summed E-state index contributed by atoms with van der Waals surface area (Å²) in [6.45, 7) is 2.58. The molecule has 2 saturated carbocycles. The molecule has 0 bridgehead atoms. The maximum absolute atomic E-state index is 3.52. The Kier molecular flexibility index (Phi) is 3.67. The van der Waals surface area contributed by atoms with Crippen molar-refractivity contribution >= 4 is 12.4 Å². The monoisotopic (exact) mass is 175 g/mol. The zero-order chi connectivity index (χ0) is 6.81. The number of hydrogen-bond acceptors (Lipinski definition) is 1. The summed E-state index contributed by atoms with van der Waals surface area (Å²) in [5, 5.41) is 3.52. The van der Waals surface area contributed by atoms with E-state index < -0.39 is 0 Å². The van der Waals surface area contributed by atoms with Crippen LogP contribution >= 0.6 is 12.4 Å². The predicted molar refractivity (Wildman–Crippen MR) is 50.2 cm³/mol. The molecule has 0 aromatic heterocycles. The molecular weight excluding hydrogens is 158 g/mol. The van der Waals surface area contributed by atoms with Gasteiger partial charge in [-0.25, -0.2) is 0 Å². The van der Waals surface area contributed by atoms with Gasteiger partial charge in [0.15, 0.2) is 0 Å². The molecule has 0 aromatic rings. The summed E-state index contributed by atoms with van der Waals surface area (Å²) in [7, 11) is 0. The first-order chi connectivity index (χ1) is 4.95. The highest BCUT2D eigenvalue weighted by Gasteiger charge is 2.22. The van der Waals surface area contributed by atoms with Crippen molar-refractivity contribution in [2.45, 2.75) is 32.1 Å². The van der Waals surface area contributed by atoms with Gasteiger partial charge in [-0.15, -0.1) is 12.4 Å². The Morgan fingerprint density at radius 1 is 1.00 bits per heavy atom. The van der Waals surface area contributed by atoms with Crippen molar-refractivity contribution in [2.24, 2.45) is 11.8 Å². The molecule has 2 aliphatic carbocycles. The Bertz CT molecular complexity index is 94.1. The first-order valence-electron chi connectivity index (χ1n) is 4.66. The van der Waals surface area contributed by atoms with Gasteiger partial charge in [0.2, 0.25) is 0 Å². The zero-order valence-corrected chi connectivity index (χ0v) is 7.83.